The lowest BCUT2D eigenvalue weighted by Crippen LogP contribution is -2.40. The molecule has 4 heterocycles. The number of nitrogens with zero attached hydrogens (tertiary/aromatic N) is 7. The summed E-state index contributed by atoms with van der Waals surface area (Å²) in [5.74, 6) is 4.05. The van der Waals surface area contributed by atoms with Crippen LogP contribution in [0, 0.1) is 5.92 Å². The molecule has 0 amide bonds. The van der Waals surface area contributed by atoms with Crippen molar-refractivity contribution in [2.75, 3.05) is 26.2 Å². The van der Waals surface area contributed by atoms with E-state index >= 15 is 0 Å². The Morgan fingerprint density at radius 1 is 1.23 bits per heavy atom. The lowest BCUT2D eigenvalue weighted by molar-refractivity contribution is 0.459. The van der Waals surface area contributed by atoms with Crippen LogP contribution in [0.4, 0.5) is 0 Å². The molecule has 0 bridgehead atoms. The average molecular weight is 540 g/mol. The van der Waals surface area contributed by atoms with Crippen molar-refractivity contribution < 1.29 is 0 Å². The van der Waals surface area contributed by atoms with Gasteiger partial charge in [-0.25, -0.2) is 0 Å². The van der Waals surface area contributed by atoms with Crippen LogP contribution in [-0.4, -0.2) is 61.6 Å². The van der Waals surface area contributed by atoms with Gasteiger partial charge in [0.25, 0.3) is 0 Å². The molecule has 9 heteroatoms. The van der Waals surface area contributed by atoms with E-state index in [0.717, 1.165) is 70.2 Å². The van der Waals surface area contributed by atoms with Crippen molar-refractivity contribution in [3.8, 4) is 0 Å². The summed E-state index contributed by atoms with van der Waals surface area (Å²) in [6, 6.07) is 0. The normalized spacial score (nSPS) is 19.1. The lowest BCUT2D eigenvalue weighted by atomic mass is 10.0. The Balaban J connectivity index is 0.00000272. The van der Waals surface area contributed by atoms with Gasteiger partial charge in [-0.1, -0.05) is 6.42 Å². The number of fused-ring (bicyclic) bond motifs is 1. The zero-order valence-corrected chi connectivity index (χ0v) is 21.3. The van der Waals surface area contributed by atoms with Gasteiger partial charge in [0.05, 0.1) is 6.20 Å². The van der Waals surface area contributed by atoms with Crippen molar-refractivity contribution >= 4 is 29.9 Å². The number of nitrogens with one attached hydrogen (secondary N) is 1. The molecule has 8 nitrogen and oxygen atoms in total. The Bertz CT molecular complexity index is 842. The molecule has 2 aliphatic heterocycles. The fourth-order valence-electron chi connectivity index (χ4n) is 4.68. The van der Waals surface area contributed by atoms with Gasteiger partial charge in [0.1, 0.15) is 11.6 Å². The van der Waals surface area contributed by atoms with Gasteiger partial charge in [-0.3, -0.25) is 9.67 Å². The van der Waals surface area contributed by atoms with Crippen molar-refractivity contribution in [1.29, 1.82) is 0 Å². The van der Waals surface area contributed by atoms with Crippen LogP contribution < -0.4 is 5.32 Å². The number of rotatable bonds is 7. The number of halogens is 1. The van der Waals surface area contributed by atoms with Gasteiger partial charge < -0.3 is 14.8 Å². The Hall–Kier alpha value is -1.65. The largest absolute Gasteiger partial charge is 0.357 e. The molecule has 0 spiro atoms. The highest BCUT2D eigenvalue weighted by molar-refractivity contribution is 14.0. The molecule has 1 fully saturated rings. The Morgan fingerprint density at radius 3 is 2.94 bits per heavy atom. The standard InChI is InChI=1S/C22H36N8.HI/c1-3-23-22(29-13-10-18(17-29)14-19-15-25-28(2)16-19)24-11-7-9-21-27-26-20-8-5-4-6-12-30(20)21;/h15-16,18H,3-14,17H2,1-2H3,(H,23,24);1H. The first-order valence-electron chi connectivity index (χ1n) is 11.6. The number of hydrogen-bond donors (Lipinski definition) is 1. The van der Waals surface area contributed by atoms with Crippen LogP contribution in [-0.2, 0) is 32.9 Å². The minimum atomic E-state index is 0. The highest BCUT2D eigenvalue weighted by Gasteiger charge is 2.25. The molecule has 1 atom stereocenters. The maximum absolute atomic E-state index is 4.93. The Labute approximate surface area is 202 Å². The lowest BCUT2D eigenvalue weighted by Gasteiger charge is -2.21. The minimum Gasteiger partial charge on any atom is -0.357 e. The van der Waals surface area contributed by atoms with Crippen molar-refractivity contribution in [2.24, 2.45) is 18.0 Å². The van der Waals surface area contributed by atoms with Crippen LogP contribution >= 0.6 is 24.0 Å². The fraction of sp³-hybridized carbons (Fsp3) is 0.727. The summed E-state index contributed by atoms with van der Waals surface area (Å²) in [5, 5.41) is 16.7. The molecule has 2 aliphatic rings. The molecular weight excluding hydrogens is 503 g/mol. The van der Waals surface area contributed by atoms with Crippen molar-refractivity contribution in [3.05, 3.63) is 29.6 Å². The quantitative estimate of drug-likeness (QED) is 0.253. The molecule has 0 aliphatic carbocycles. The van der Waals surface area contributed by atoms with Crippen molar-refractivity contribution in [2.45, 2.75) is 64.8 Å². The molecule has 31 heavy (non-hydrogen) atoms. The highest BCUT2D eigenvalue weighted by Crippen LogP contribution is 2.21. The van der Waals surface area contributed by atoms with E-state index in [2.05, 4.69) is 43.2 Å². The zero-order chi connectivity index (χ0) is 20.8. The van der Waals surface area contributed by atoms with Gasteiger partial charge in [0, 0.05) is 58.8 Å². The zero-order valence-electron chi connectivity index (χ0n) is 19.0. The average Bonchev–Trinajstić information content (AvgIpc) is 3.42. The summed E-state index contributed by atoms with van der Waals surface area (Å²) in [6.07, 6.45) is 13.3. The molecule has 0 radical (unpaired) electrons. The molecule has 1 unspecified atom stereocenters. The van der Waals surface area contributed by atoms with Crippen molar-refractivity contribution in [1.82, 2.24) is 34.8 Å². The van der Waals surface area contributed by atoms with Gasteiger partial charge in [0.15, 0.2) is 5.96 Å². The van der Waals surface area contributed by atoms with E-state index in [-0.39, 0.29) is 24.0 Å². The van der Waals surface area contributed by atoms with E-state index in [0.29, 0.717) is 5.92 Å². The fourth-order valence-corrected chi connectivity index (χ4v) is 4.68. The smallest absolute Gasteiger partial charge is 0.193 e. The third-order valence-electron chi connectivity index (χ3n) is 6.21. The van der Waals surface area contributed by atoms with Gasteiger partial charge in [0.2, 0.25) is 0 Å². The van der Waals surface area contributed by atoms with Gasteiger partial charge in [-0.05, 0) is 50.5 Å². The summed E-state index contributed by atoms with van der Waals surface area (Å²) < 4.78 is 4.24. The number of likely N-dealkylation sites (tertiary alicyclic amines) is 1. The van der Waals surface area contributed by atoms with Crippen LogP contribution in [0.5, 0.6) is 0 Å². The topological polar surface area (TPSA) is 76.2 Å². The summed E-state index contributed by atoms with van der Waals surface area (Å²) >= 11 is 0. The summed E-state index contributed by atoms with van der Waals surface area (Å²) in [6.45, 7) is 7.10. The minimum absolute atomic E-state index is 0. The molecule has 1 saturated heterocycles. The number of hydrogen-bond acceptors (Lipinski definition) is 4. The van der Waals surface area contributed by atoms with E-state index in [1.807, 2.05) is 17.9 Å². The second kappa shape index (κ2) is 11.8. The first-order valence-corrected chi connectivity index (χ1v) is 11.6. The first kappa shape index (κ1) is 24.0. The third kappa shape index (κ3) is 6.43. The number of aliphatic imine (C=N–C) groups is 1. The Morgan fingerprint density at radius 2 is 2.13 bits per heavy atom. The summed E-state index contributed by atoms with van der Waals surface area (Å²) in [4.78, 5) is 7.35. The van der Waals surface area contributed by atoms with Gasteiger partial charge in [-0.2, -0.15) is 5.10 Å². The first-order chi connectivity index (χ1) is 14.7. The Kier molecular flexibility index (Phi) is 9.15. The molecular formula is C22H37IN8. The molecule has 2 aromatic heterocycles. The van der Waals surface area contributed by atoms with E-state index in [1.54, 1.807) is 0 Å². The predicted molar refractivity (Wildman–Crippen MR) is 134 cm³/mol. The van der Waals surface area contributed by atoms with Gasteiger partial charge >= 0.3 is 0 Å². The van der Waals surface area contributed by atoms with Crippen LogP contribution in [0.25, 0.3) is 0 Å². The molecule has 1 N–H and O–H groups in total. The highest BCUT2D eigenvalue weighted by atomic mass is 127. The van der Waals surface area contributed by atoms with E-state index in [4.69, 9.17) is 4.99 Å². The summed E-state index contributed by atoms with van der Waals surface area (Å²) in [7, 11) is 1.98. The molecule has 0 aromatic carbocycles. The molecule has 4 rings (SSSR count). The van der Waals surface area contributed by atoms with Crippen LogP contribution in [0.1, 0.15) is 56.2 Å². The second-order valence-corrected chi connectivity index (χ2v) is 8.66. The van der Waals surface area contributed by atoms with Crippen LogP contribution in [0.3, 0.4) is 0 Å². The van der Waals surface area contributed by atoms with E-state index in [9.17, 15) is 0 Å². The van der Waals surface area contributed by atoms with Gasteiger partial charge in [-0.15, -0.1) is 34.2 Å². The monoisotopic (exact) mass is 540 g/mol. The number of aromatic nitrogens is 5. The number of guanidine groups is 1. The third-order valence-corrected chi connectivity index (χ3v) is 6.21. The van der Waals surface area contributed by atoms with E-state index in [1.165, 1.54) is 37.1 Å². The maximum Gasteiger partial charge on any atom is 0.193 e. The van der Waals surface area contributed by atoms with Crippen molar-refractivity contribution in [3.63, 3.8) is 0 Å². The maximum atomic E-state index is 4.93. The second-order valence-electron chi connectivity index (χ2n) is 8.66. The molecule has 172 valence electrons. The summed E-state index contributed by atoms with van der Waals surface area (Å²) in [5.41, 5.74) is 1.33. The SMILES string of the molecule is CCNC(=NCCCc1nnc2n1CCCCC2)N1CCC(Cc2cnn(C)c2)C1.I. The van der Waals surface area contributed by atoms with Crippen LogP contribution in [0.15, 0.2) is 17.4 Å². The van der Waals surface area contributed by atoms with Crippen LogP contribution in [0.2, 0.25) is 0 Å². The van der Waals surface area contributed by atoms with E-state index < -0.39 is 0 Å². The number of aryl methyl sites for hydroxylation is 3. The molecule has 0 saturated carbocycles. The predicted octanol–water partition coefficient (Wildman–Crippen LogP) is 2.82. The molecule has 2 aromatic rings.